The Balaban J connectivity index is 2.31. The van der Waals surface area contributed by atoms with Gasteiger partial charge in [0.05, 0.1) is 13.5 Å². The van der Waals surface area contributed by atoms with E-state index in [1.165, 1.54) is 13.4 Å². The van der Waals surface area contributed by atoms with Crippen LogP contribution in [0.25, 0.3) is 0 Å². The first-order chi connectivity index (χ1) is 8.17. The second-order valence-corrected chi connectivity index (χ2v) is 3.61. The minimum absolute atomic E-state index is 0.0426. The third-order valence-electron chi connectivity index (χ3n) is 2.46. The van der Waals surface area contributed by atoms with Crippen molar-refractivity contribution in [3.63, 3.8) is 0 Å². The summed E-state index contributed by atoms with van der Waals surface area (Å²) in [5.74, 6) is 0.495. The summed E-state index contributed by atoms with van der Waals surface area (Å²) >= 11 is 0. The maximum Gasteiger partial charge on any atom is 0.305 e. The second-order valence-electron chi connectivity index (χ2n) is 3.61. The van der Waals surface area contributed by atoms with Crippen molar-refractivity contribution in [1.82, 2.24) is 14.8 Å². The third kappa shape index (κ3) is 4.34. The molecule has 1 aromatic rings. The van der Waals surface area contributed by atoms with Gasteiger partial charge in [0, 0.05) is 25.8 Å². The van der Waals surface area contributed by atoms with Crippen LogP contribution in [0.2, 0.25) is 0 Å². The van der Waals surface area contributed by atoms with Gasteiger partial charge in [-0.25, -0.2) is 4.98 Å². The molecular weight excluding hydrogens is 222 g/mol. The molecule has 0 amide bonds. The van der Waals surface area contributed by atoms with E-state index >= 15 is 0 Å². The number of methoxy groups -OCH3 is 1. The van der Waals surface area contributed by atoms with Crippen molar-refractivity contribution in [2.75, 3.05) is 7.11 Å². The first-order valence-corrected chi connectivity index (χ1v) is 5.62. The van der Waals surface area contributed by atoms with Crippen LogP contribution in [-0.2, 0) is 27.3 Å². The fraction of sp³-hybridized carbons (Fsp3) is 0.636. The van der Waals surface area contributed by atoms with Gasteiger partial charge in [-0.1, -0.05) is 0 Å². The van der Waals surface area contributed by atoms with Crippen molar-refractivity contribution in [1.29, 1.82) is 0 Å². The lowest BCUT2D eigenvalue weighted by atomic mass is 10.1. The highest BCUT2D eigenvalue weighted by Gasteiger charge is 2.09. The van der Waals surface area contributed by atoms with Crippen molar-refractivity contribution >= 4 is 11.8 Å². The number of hydrogen-bond acceptors (Lipinski definition) is 5. The third-order valence-corrected chi connectivity index (χ3v) is 2.46. The summed E-state index contributed by atoms with van der Waals surface area (Å²) in [5, 5.41) is 4.02. The molecule has 17 heavy (non-hydrogen) atoms. The molecule has 0 saturated heterocycles. The van der Waals surface area contributed by atoms with Gasteiger partial charge >= 0.3 is 5.97 Å². The van der Waals surface area contributed by atoms with E-state index in [1.807, 2.05) is 6.92 Å². The topological polar surface area (TPSA) is 74.1 Å². The molecule has 0 bridgehead atoms. The monoisotopic (exact) mass is 239 g/mol. The normalized spacial score (nSPS) is 10.2. The zero-order valence-electron chi connectivity index (χ0n) is 10.2. The van der Waals surface area contributed by atoms with Gasteiger partial charge in [0.2, 0.25) is 0 Å². The molecule has 0 N–H and O–H groups in total. The summed E-state index contributed by atoms with van der Waals surface area (Å²) in [6.07, 6.45) is 2.81. The van der Waals surface area contributed by atoms with Crippen LogP contribution in [-0.4, -0.2) is 33.6 Å². The number of rotatable bonds is 7. The molecule has 6 heteroatoms. The molecule has 0 unspecified atom stereocenters. The van der Waals surface area contributed by atoms with E-state index in [0.717, 1.165) is 12.4 Å². The molecule has 0 aliphatic carbocycles. The lowest BCUT2D eigenvalue weighted by Crippen LogP contribution is -2.09. The summed E-state index contributed by atoms with van der Waals surface area (Å²) in [5.41, 5.74) is 0. The SMILES string of the molecule is CCn1ncnc1CCC(=O)CCC(=O)OC. The van der Waals surface area contributed by atoms with E-state index in [2.05, 4.69) is 14.8 Å². The van der Waals surface area contributed by atoms with Gasteiger partial charge in [0.25, 0.3) is 0 Å². The Morgan fingerprint density at radius 1 is 1.35 bits per heavy atom. The standard InChI is InChI=1S/C11H17N3O3/c1-3-14-10(12-8-13-14)6-4-9(15)5-7-11(16)17-2/h8H,3-7H2,1-2H3. The van der Waals surface area contributed by atoms with E-state index in [-0.39, 0.29) is 24.6 Å². The number of esters is 1. The largest absolute Gasteiger partial charge is 0.469 e. The summed E-state index contributed by atoms with van der Waals surface area (Å²) < 4.78 is 6.23. The molecule has 1 aromatic heterocycles. The Labute approximate surface area is 100.0 Å². The highest BCUT2D eigenvalue weighted by atomic mass is 16.5. The fourth-order valence-corrected chi connectivity index (χ4v) is 1.47. The molecule has 0 aliphatic heterocycles. The van der Waals surface area contributed by atoms with Gasteiger partial charge in [-0.3, -0.25) is 14.3 Å². The number of Topliss-reactive ketones (excluding diaryl/α,β-unsaturated/α-hetero) is 1. The van der Waals surface area contributed by atoms with Crippen molar-refractivity contribution in [3.8, 4) is 0 Å². The Kier molecular flexibility index (Phi) is 5.32. The summed E-state index contributed by atoms with van der Waals surface area (Å²) in [6.45, 7) is 2.71. The number of hydrogen-bond donors (Lipinski definition) is 0. The van der Waals surface area contributed by atoms with E-state index in [0.29, 0.717) is 12.8 Å². The number of carbonyl (C=O) groups excluding carboxylic acids is 2. The predicted octanol–water partition coefficient (Wildman–Crippen LogP) is 0.753. The molecule has 0 aliphatic rings. The summed E-state index contributed by atoms with van der Waals surface area (Å²) in [6, 6.07) is 0. The number of ketones is 1. The van der Waals surface area contributed by atoms with E-state index < -0.39 is 0 Å². The number of nitrogens with zero attached hydrogens (tertiary/aromatic N) is 3. The molecular formula is C11H17N3O3. The smallest absolute Gasteiger partial charge is 0.305 e. The minimum atomic E-state index is -0.352. The zero-order chi connectivity index (χ0) is 12.7. The lowest BCUT2D eigenvalue weighted by Gasteiger charge is -2.02. The van der Waals surface area contributed by atoms with Crippen molar-refractivity contribution < 1.29 is 14.3 Å². The number of carbonyl (C=O) groups is 2. The van der Waals surface area contributed by atoms with Gasteiger partial charge < -0.3 is 4.74 Å². The molecule has 1 rings (SSSR count). The summed E-state index contributed by atoms with van der Waals surface area (Å²) in [7, 11) is 1.32. The van der Waals surface area contributed by atoms with Crippen LogP contribution in [0.5, 0.6) is 0 Å². The molecule has 0 radical (unpaired) electrons. The van der Waals surface area contributed by atoms with E-state index in [9.17, 15) is 9.59 Å². The maximum absolute atomic E-state index is 11.5. The molecule has 94 valence electrons. The van der Waals surface area contributed by atoms with E-state index in [1.54, 1.807) is 4.68 Å². The van der Waals surface area contributed by atoms with Crippen LogP contribution in [0.15, 0.2) is 6.33 Å². The van der Waals surface area contributed by atoms with Crippen LogP contribution >= 0.6 is 0 Å². The predicted molar refractivity (Wildman–Crippen MR) is 60.3 cm³/mol. The molecule has 0 aromatic carbocycles. The quantitative estimate of drug-likeness (QED) is 0.656. The van der Waals surface area contributed by atoms with Crippen LogP contribution in [0.3, 0.4) is 0 Å². The van der Waals surface area contributed by atoms with Gasteiger partial charge in [-0.15, -0.1) is 0 Å². The fourth-order valence-electron chi connectivity index (χ4n) is 1.47. The van der Waals surface area contributed by atoms with Crippen LogP contribution in [0, 0.1) is 0 Å². The Morgan fingerprint density at radius 3 is 2.76 bits per heavy atom. The molecule has 0 fully saturated rings. The van der Waals surface area contributed by atoms with Gasteiger partial charge in [0.15, 0.2) is 0 Å². The first kappa shape index (κ1) is 13.3. The van der Waals surface area contributed by atoms with Gasteiger partial charge in [-0.2, -0.15) is 5.10 Å². The molecule has 0 spiro atoms. The van der Waals surface area contributed by atoms with Crippen molar-refractivity contribution in [2.45, 2.75) is 39.2 Å². The van der Waals surface area contributed by atoms with E-state index in [4.69, 9.17) is 0 Å². The molecule has 6 nitrogen and oxygen atoms in total. The Morgan fingerprint density at radius 2 is 2.12 bits per heavy atom. The highest BCUT2D eigenvalue weighted by Crippen LogP contribution is 2.03. The number of aryl methyl sites for hydroxylation is 2. The maximum atomic E-state index is 11.5. The van der Waals surface area contributed by atoms with Crippen LogP contribution in [0.1, 0.15) is 32.0 Å². The zero-order valence-corrected chi connectivity index (χ0v) is 10.2. The molecule has 0 atom stereocenters. The average Bonchev–Trinajstić information content (AvgIpc) is 2.80. The highest BCUT2D eigenvalue weighted by molar-refractivity contribution is 5.82. The average molecular weight is 239 g/mol. The number of ether oxygens (including phenoxy) is 1. The summed E-state index contributed by atoms with van der Waals surface area (Å²) in [4.78, 5) is 26.4. The first-order valence-electron chi connectivity index (χ1n) is 5.62. The Bertz CT molecular complexity index is 387. The Hall–Kier alpha value is -1.72. The second kappa shape index (κ2) is 6.78. The van der Waals surface area contributed by atoms with Crippen LogP contribution in [0.4, 0.5) is 0 Å². The van der Waals surface area contributed by atoms with Gasteiger partial charge in [0.1, 0.15) is 17.9 Å². The lowest BCUT2D eigenvalue weighted by molar-refractivity contribution is -0.141. The number of aromatic nitrogens is 3. The van der Waals surface area contributed by atoms with Gasteiger partial charge in [-0.05, 0) is 6.92 Å². The van der Waals surface area contributed by atoms with Crippen molar-refractivity contribution in [2.24, 2.45) is 0 Å². The minimum Gasteiger partial charge on any atom is -0.469 e. The van der Waals surface area contributed by atoms with Crippen molar-refractivity contribution in [3.05, 3.63) is 12.2 Å². The van der Waals surface area contributed by atoms with Crippen LogP contribution < -0.4 is 0 Å². The molecule has 1 heterocycles. The molecule has 0 saturated carbocycles.